The number of carbonyl (C=O) groups is 1. The number of benzene rings is 1. The fourth-order valence-electron chi connectivity index (χ4n) is 4.17. The molecule has 26 heavy (non-hydrogen) atoms. The minimum Gasteiger partial charge on any atom is -0.338 e. The molecule has 1 aromatic carbocycles. The lowest BCUT2D eigenvalue weighted by Gasteiger charge is -2.17. The maximum atomic E-state index is 12.9. The van der Waals surface area contributed by atoms with Crippen LogP contribution in [0.5, 0.6) is 0 Å². The lowest BCUT2D eigenvalue weighted by molar-refractivity contribution is 0.0784. The van der Waals surface area contributed by atoms with Crippen LogP contribution in [0.1, 0.15) is 23.2 Å². The monoisotopic (exact) mass is 344 g/mol. The van der Waals surface area contributed by atoms with Gasteiger partial charge in [0, 0.05) is 30.4 Å². The average Bonchev–Trinajstić information content (AvgIpc) is 3.32. The number of hydrogen-bond donors (Lipinski definition) is 0. The first-order valence-corrected chi connectivity index (χ1v) is 9.13. The number of allylic oxidation sites excluding steroid dienone is 2. The summed E-state index contributed by atoms with van der Waals surface area (Å²) < 4.78 is 1.81. The molecule has 5 nitrogen and oxygen atoms in total. The van der Waals surface area contributed by atoms with Gasteiger partial charge in [0.25, 0.3) is 5.91 Å². The molecule has 1 aliphatic heterocycles. The van der Waals surface area contributed by atoms with Crippen molar-refractivity contribution >= 4 is 11.6 Å². The Morgan fingerprint density at radius 1 is 1.00 bits per heavy atom. The fraction of sp³-hybridized carbons (Fsp3) is 0.286. The number of likely N-dealkylation sites (tertiary alicyclic amines) is 1. The van der Waals surface area contributed by atoms with Crippen LogP contribution in [0.3, 0.4) is 0 Å². The number of nitrogens with zero attached hydrogens (tertiary/aromatic N) is 4. The van der Waals surface area contributed by atoms with E-state index in [0.717, 1.165) is 48.4 Å². The number of fused-ring (bicyclic) bond motifs is 2. The smallest absolute Gasteiger partial charge is 0.253 e. The van der Waals surface area contributed by atoms with Gasteiger partial charge in [0.2, 0.25) is 0 Å². The van der Waals surface area contributed by atoms with Crippen LogP contribution in [0, 0.1) is 11.8 Å². The molecule has 5 heteroatoms. The van der Waals surface area contributed by atoms with E-state index < -0.39 is 0 Å². The molecule has 0 radical (unpaired) electrons. The zero-order chi connectivity index (χ0) is 17.5. The summed E-state index contributed by atoms with van der Waals surface area (Å²) in [5.74, 6) is 1.40. The lowest BCUT2D eigenvalue weighted by atomic mass is 9.86. The predicted octanol–water partition coefficient (Wildman–Crippen LogP) is 3.43. The molecule has 1 fully saturated rings. The Morgan fingerprint density at radius 2 is 1.73 bits per heavy atom. The second-order valence-corrected chi connectivity index (χ2v) is 7.19. The first kappa shape index (κ1) is 15.3. The number of carbonyl (C=O) groups excluding carboxylic acids is 1. The molecule has 0 bridgehead atoms. The Labute approximate surface area is 152 Å². The maximum absolute atomic E-state index is 12.9. The molecule has 2 aromatic heterocycles. The third kappa shape index (κ3) is 2.51. The van der Waals surface area contributed by atoms with Crippen LogP contribution in [0.25, 0.3) is 16.9 Å². The molecule has 0 spiro atoms. The van der Waals surface area contributed by atoms with Crippen molar-refractivity contribution in [3.05, 3.63) is 66.5 Å². The van der Waals surface area contributed by atoms with E-state index in [1.165, 1.54) is 0 Å². The topological polar surface area (TPSA) is 50.5 Å². The highest BCUT2D eigenvalue weighted by atomic mass is 16.2. The highest BCUT2D eigenvalue weighted by Crippen LogP contribution is 2.33. The van der Waals surface area contributed by atoms with Gasteiger partial charge in [-0.3, -0.25) is 4.79 Å². The van der Waals surface area contributed by atoms with Gasteiger partial charge in [-0.2, -0.15) is 5.10 Å². The van der Waals surface area contributed by atoms with Gasteiger partial charge in [-0.1, -0.05) is 24.3 Å². The highest BCUT2D eigenvalue weighted by molar-refractivity contribution is 5.95. The summed E-state index contributed by atoms with van der Waals surface area (Å²) in [5, 5.41) is 4.35. The molecule has 130 valence electrons. The van der Waals surface area contributed by atoms with Crippen LogP contribution in [-0.4, -0.2) is 38.5 Å². The van der Waals surface area contributed by atoms with Crippen LogP contribution in [-0.2, 0) is 0 Å². The summed E-state index contributed by atoms with van der Waals surface area (Å²) in [6, 6.07) is 11.6. The molecule has 3 aromatic rings. The SMILES string of the molecule is O=C(c1ccc(-c2cnc3cccnn23)cc1)N1CC2CC=CCC2C1. The van der Waals surface area contributed by atoms with Gasteiger partial charge < -0.3 is 4.90 Å². The van der Waals surface area contributed by atoms with E-state index in [1.54, 1.807) is 6.20 Å². The number of amides is 1. The zero-order valence-electron chi connectivity index (χ0n) is 14.5. The Bertz CT molecular complexity index is 973. The van der Waals surface area contributed by atoms with E-state index in [1.807, 2.05) is 52.0 Å². The van der Waals surface area contributed by atoms with Gasteiger partial charge in [0.1, 0.15) is 0 Å². The van der Waals surface area contributed by atoms with Crippen molar-refractivity contribution < 1.29 is 4.79 Å². The largest absolute Gasteiger partial charge is 0.338 e. The van der Waals surface area contributed by atoms with E-state index in [4.69, 9.17) is 0 Å². The van der Waals surface area contributed by atoms with Crippen LogP contribution in [0.2, 0.25) is 0 Å². The standard InChI is InChI=1S/C21H20N4O/c26-21(24-13-17-4-1-2-5-18(17)14-24)16-9-7-15(8-10-16)19-12-22-20-6-3-11-23-25(19)20/h1-3,6-12,17-18H,4-5,13-14H2. The molecule has 2 atom stereocenters. The third-order valence-electron chi connectivity index (χ3n) is 5.61. The quantitative estimate of drug-likeness (QED) is 0.669. The van der Waals surface area contributed by atoms with Gasteiger partial charge >= 0.3 is 0 Å². The number of imidazole rings is 1. The fourth-order valence-corrected chi connectivity index (χ4v) is 4.17. The van der Waals surface area contributed by atoms with Gasteiger partial charge in [-0.05, 0) is 48.9 Å². The van der Waals surface area contributed by atoms with E-state index >= 15 is 0 Å². The van der Waals surface area contributed by atoms with Crippen molar-refractivity contribution in [2.75, 3.05) is 13.1 Å². The highest BCUT2D eigenvalue weighted by Gasteiger charge is 2.35. The molecule has 2 unspecified atom stereocenters. The van der Waals surface area contributed by atoms with Gasteiger partial charge in [-0.15, -0.1) is 0 Å². The van der Waals surface area contributed by atoms with Crippen LogP contribution < -0.4 is 0 Å². The molecular formula is C21H20N4O. The molecule has 1 amide bonds. The van der Waals surface area contributed by atoms with Crippen molar-refractivity contribution in [3.8, 4) is 11.3 Å². The Hall–Kier alpha value is -2.95. The third-order valence-corrected chi connectivity index (χ3v) is 5.61. The van der Waals surface area contributed by atoms with Gasteiger partial charge in [-0.25, -0.2) is 9.50 Å². The van der Waals surface area contributed by atoms with Crippen molar-refractivity contribution in [2.24, 2.45) is 11.8 Å². The minimum absolute atomic E-state index is 0.141. The Balaban J connectivity index is 1.37. The second-order valence-electron chi connectivity index (χ2n) is 7.19. The predicted molar refractivity (Wildman–Crippen MR) is 99.7 cm³/mol. The molecule has 1 saturated heterocycles. The van der Waals surface area contributed by atoms with Gasteiger partial charge in [0.05, 0.1) is 11.9 Å². The van der Waals surface area contributed by atoms with E-state index in [-0.39, 0.29) is 5.91 Å². The lowest BCUT2D eigenvalue weighted by Crippen LogP contribution is -2.28. The number of rotatable bonds is 2. The van der Waals surface area contributed by atoms with E-state index in [2.05, 4.69) is 22.2 Å². The molecule has 2 aliphatic rings. The summed E-state index contributed by atoms with van der Waals surface area (Å²) >= 11 is 0. The Morgan fingerprint density at radius 3 is 2.46 bits per heavy atom. The van der Waals surface area contributed by atoms with Crippen LogP contribution in [0.15, 0.2) is 60.9 Å². The minimum atomic E-state index is 0.141. The van der Waals surface area contributed by atoms with E-state index in [0.29, 0.717) is 11.8 Å². The summed E-state index contributed by atoms with van der Waals surface area (Å²) in [6.07, 6.45) is 10.3. The van der Waals surface area contributed by atoms with Crippen molar-refractivity contribution in [1.82, 2.24) is 19.5 Å². The first-order valence-electron chi connectivity index (χ1n) is 9.13. The molecular weight excluding hydrogens is 324 g/mol. The van der Waals surface area contributed by atoms with Crippen LogP contribution in [0.4, 0.5) is 0 Å². The zero-order valence-corrected chi connectivity index (χ0v) is 14.5. The van der Waals surface area contributed by atoms with E-state index in [9.17, 15) is 4.79 Å². The molecule has 5 rings (SSSR count). The van der Waals surface area contributed by atoms with Crippen molar-refractivity contribution in [3.63, 3.8) is 0 Å². The molecule has 3 heterocycles. The summed E-state index contributed by atoms with van der Waals surface area (Å²) in [5.41, 5.74) is 3.50. The van der Waals surface area contributed by atoms with Crippen molar-refractivity contribution in [2.45, 2.75) is 12.8 Å². The normalized spacial score (nSPS) is 21.9. The van der Waals surface area contributed by atoms with Crippen molar-refractivity contribution in [1.29, 1.82) is 0 Å². The molecule has 0 saturated carbocycles. The summed E-state index contributed by atoms with van der Waals surface area (Å²) in [4.78, 5) is 19.3. The average molecular weight is 344 g/mol. The first-order chi connectivity index (χ1) is 12.8. The maximum Gasteiger partial charge on any atom is 0.253 e. The Kier molecular flexibility index (Phi) is 3.59. The summed E-state index contributed by atoms with van der Waals surface area (Å²) in [7, 11) is 0. The van der Waals surface area contributed by atoms with Crippen LogP contribution >= 0.6 is 0 Å². The molecule has 1 aliphatic carbocycles. The number of aromatic nitrogens is 3. The summed E-state index contributed by atoms with van der Waals surface area (Å²) in [6.45, 7) is 1.76. The number of hydrogen-bond acceptors (Lipinski definition) is 3. The molecule has 0 N–H and O–H groups in total. The van der Waals surface area contributed by atoms with Gasteiger partial charge in [0.15, 0.2) is 5.65 Å². The second kappa shape index (κ2) is 6.09.